The lowest BCUT2D eigenvalue weighted by atomic mass is 9.57. The summed E-state index contributed by atoms with van der Waals surface area (Å²) >= 11 is 12.7. The van der Waals surface area contributed by atoms with Crippen molar-refractivity contribution in [3.63, 3.8) is 0 Å². The molecule has 1 aliphatic heterocycles. The fourth-order valence-electron chi connectivity index (χ4n) is 7.22. The molecule has 5 aromatic carbocycles. The van der Waals surface area contributed by atoms with Gasteiger partial charge in [0.05, 0.1) is 11.5 Å². The van der Waals surface area contributed by atoms with Crippen LogP contribution in [0.25, 0.3) is 11.1 Å². The Labute approximate surface area is 268 Å². The minimum Gasteiger partial charge on any atom is -0.330 e. The van der Waals surface area contributed by atoms with Gasteiger partial charge in [-0.2, -0.15) is 0 Å². The van der Waals surface area contributed by atoms with E-state index in [-0.39, 0.29) is 5.78 Å². The van der Waals surface area contributed by atoms with Gasteiger partial charge in [-0.15, -0.1) is 0 Å². The number of fused-ring (bicyclic) bond motifs is 1. The Hall–Kier alpha value is -4.37. The summed E-state index contributed by atoms with van der Waals surface area (Å²) in [5.74, 6) is -0.519. The van der Waals surface area contributed by atoms with E-state index in [1.165, 1.54) is 5.56 Å². The van der Waals surface area contributed by atoms with Gasteiger partial charge >= 0.3 is 0 Å². The van der Waals surface area contributed by atoms with E-state index in [1.54, 1.807) is 12.1 Å². The first kappa shape index (κ1) is 28.4. The van der Waals surface area contributed by atoms with E-state index in [0.29, 0.717) is 15.6 Å². The second kappa shape index (κ2) is 11.0. The van der Waals surface area contributed by atoms with Crippen LogP contribution in [0.3, 0.4) is 0 Å². The van der Waals surface area contributed by atoms with Crippen molar-refractivity contribution in [1.29, 1.82) is 0 Å². The third kappa shape index (κ3) is 4.44. The second-order valence-electron chi connectivity index (χ2n) is 12.0. The van der Waals surface area contributed by atoms with Gasteiger partial charge in [0.1, 0.15) is 0 Å². The van der Waals surface area contributed by atoms with Crippen molar-refractivity contribution < 1.29 is 4.79 Å². The molecule has 7 rings (SSSR count). The summed E-state index contributed by atoms with van der Waals surface area (Å²) in [5.41, 5.74) is 6.68. The minimum atomic E-state index is -0.830. The topological polar surface area (TPSA) is 20.3 Å². The summed E-state index contributed by atoms with van der Waals surface area (Å²) in [6, 6.07) is 44.6. The van der Waals surface area contributed by atoms with Gasteiger partial charge in [-0.05, 0) is 94.6 Å². The number of carbonyl (C=O) groups is 1. The molecule has 1 heterocycles. The number of benzene rings is 5. The van der Waals surface area contributed by atoms with Gasteiger partial charge in [0, 0.05) is 32.4 Å². The smallest absolute Gasteiger partial charge is 0.173 e. The number of halogens is 2. The molecule has 0 saturated carbocycles. The van der Waals surface area contributed by atoms with Crippen molar-refractivity contribution in [3.8, 4) is 0 Å². The fraction of sp³-hybridized carbons (Fsp3) is 0.125. The van der Waals surface area contributed by atoms with Crippen LogP contribution in [0.5, 0.6) is 0 Å². The maximum absolute atomic E-state index is 15.2. The maximum Gasteiger partial charge on any atom is 0.173 e. The van der Waals surface area contributed by atoms with E-state index in [1.807, 2.05) is 48.5 Å². The molecule has 0 radical (unpaired) electrons. The summed E-state index contributed by atoms with van der Waals surface area (Å²) in [5, 5.41) is 1.28. The number of carbonyl (C=O) groups excluding carboxylic acids is 1. The number of anilines is 2. The SMILES string of the molecule is CC1(C)c2ccccc2N(c2ccccc2)[C@@]12C=C(c1ccc(Cl)cc1)C=C(c1ccccc1)[C@H]2C(=O)c1ccc(Cl)cc1. The lowest BCUT2D eigenvalue weighted by Crippen LogP contribution is -2.61. The molecule has 2 atom stereocenters. The molecule has 2 nitrogen and oxygen atoms in total. The molecule has 2 aliphatic rings. The normalized spacial score (nSPS) is 20.2. The quantitative estimate of drug-likeness (QED) is 0.184. The highest BCUT2D eigenvalue weighted by Gasteiger charge is 2.63. The summed E-state index contributed by atoms with van der Waals surface area (Å²) in [7, 11) is 0. The molecule has 4 heteroatoms. The number of nitrogens with zero attached hydrogens (tertiary/aromatic N) is 1. The van der Waals surface area contributed by atoms with Crippen LogP contribution in [0.4, 0.5) is 11.4 Å². The highest BCUT2D eigenvalue weighted by atomic mass is 35.5. The van der Waals surface area contributed by atoms with Crippen molar-refractivity contribution in [2.24, 2.45) is 5.92 Å². The van der Waals surface area contributed by atoms with Gasteiger partial charge < -0.3 is 4.90 Å². The highest BCUT2D eigenvalue weighted by Crippen LogP contribution is 2.63. The van der Waals surface area contributed by atoms with Crippen LogP contribution in [0.2, 0.25) is 10.0 Å². The first-order chi connectivity index (χ1) is 21.3. The highest BCUT2D eigenvalue weighted by molar-refractivity contribution is 6.31. The van der Waals surface area contributed by atoms with Crippen molar-refractivity contribution in [1.82, 2.24) is 0 Å². The summed E-state index contributed by atoms with van der Waals surface area (Å²) in [6.07, 6.45) is 4.54. The molecule has 216 valence electrons. The average molecular weight is 613 g/mol. The van der Waals surface area contributed by atoms with Crippen LogP contribution in [-0.2, 0) is 5.41 Å². The van der Waals surface area contributed by atoms with E-state index in [9.17, 15) is 0 Å². The van der Waals surface area contributed by atoms with Crippen LogP contribution in [0.1, 0.15) is 40.9 Å². The predicted molar refractivity (Wildman–Crippen MR) is 184 cm³/mol. The molecule has 1 spiro atoms. The molecular weight excluding hydrogens is 581 g/mol. The van der Waals surface area contributed by atoms with Gasteiger partial charge in [-0.1, -0.05) is 116 Å². The molecule has 1 aliphatic carbocycles. The van der Waals surface area contributed by atoms with Crippen molar-refractivity contribution >= 4 is 51.5 Å². The van der Waals surface area contributed by atoms with Crippen LogP contribution >= 0.6 is 23.2 Å². The van der Waals surface area contributed by atoms with Crippen molar-refractivity contribution in [2.45, 2.75) is 24.8 Å². The number of allylic oxidation sites excluding steroid dienone is 2. The minimum absolute atomic E-state index is 0.0463. The number of rotatable bonds is 5. The molecule has 0 bridgehead atoms. The molecule has 0 unspecified atom stereocenters. The van der Waals surface area contributed by atoms with Crippen LogP contribution in [0, 0.1) is 5.92 Å². The Balaban J connectivity index is 1.60. The van der Waals surface area contributed by atoms with E-state index >= 15 is 4.79 Å². The van der Waals surface area contributed by atoms with Gasteiger partial charge in [0.15, 0.2) is 5.78 Å². The third-order valence-corrected chi connectivity index (χ3v) is 9.82. The number of hydrogen-bond acceptors (Lipinski definition) is 2. The molecule has 0 saturated heterocycles. The Bertz CT molecular complexity index is 1910. The molecule has 0 fully saturated rings. The zero-order valence-electron chi connectivity index (χ0n) is 24.5. The lowest BCUT2D eigenvalue weighted by Gasteiger charge is -2.53. The van der Waals surface area contributed by atoms with Gasteiger partial charge in [-0.25, -0.2) is 0 Å². The molecule has 0 N–H and O–H groups in total. The second-order valence-corrected chi connectivity index (χ2v) is 12.9. The Morgan fingerprint density at radius 1 is 0.659 bits per heavy atom. The number of ketones is 1. The summed E-state index contributed by atoms with van der Waals surface area (Å²) in [4.78, 5) is 17.6. The number of para-hydroxylation sites is 2. The van der Waals surface area contributed by atoms with E-state index in [0.717, 1.165) is 33.6 Å². The van der Waals surface area contributed by atoms with Gasteiger partial charge in [-0.3, -0.25) is 4.79 Å². The fourth-order valence-corrected chi connectivity index (χ4v) is 7.47. The van der Waals surface area contributed by atoms with Crippen LogP contribution in [0.15, 0.2) is 146 Å². The number of Topliss-reactive ketones (excluding diaryl/α,β-unsaturated/α-hetero) is 1. The molecule has 0 amide bonds. The summed E-state index contributed by atoms with van der Waals surface area (Å²) < 4.78 is 0. The van der Waals surface area contributed by atoms with Gasteiger partial charge in [0.2, 0.25) is 0 Å². The van der Waals surface area contributed by atoms with Crippen LogP contribution in [-0.4, -0.2) is 11.3 Å². The van der Waals surface area contributed by atoms with Crippen molar-refractivity contribution in [2.75, 3.05) is 4.90 Å². The molecule has 5 aromatic rings. The summed E-state index contributed by atoms with van der Waals surface area (Å²) in [6.45, 7) is 4.56. The van der Waals surface area contributed by atoms with E-state index in [4.69, 9.17) is 23.2 Å². The average Bonchev–Trinajstić information content (AvgIpc) is 3.24. The van der Waals surface area contributed by atoms with Crippen LogP contribution < -0.4 is 4.90 Å². The first-order valence-electron chi connectivity index (χ1n) is 14.8. The molecule has 44 heavy (non-hydrogen) atoms. The Morgan fingerprint density at radius 3 is 1.89 bits per heavy atom. The zero-order chi connectivity index (χ0) is 30.5. The third-order valence-electron chi connectivity index (χ3n) is 9.32. The van der Waals surface area contributed by atoms with Gasteiger partial charge in [0.25, 0.3) is 0 Å². The standard InChI is InChI=1S/C40H31Cl2NO/c1-39(2)35-15-9-10-16-36(35)43(33-13-7-4-8-14-33)40(39)26-30(27-17-21-31(41)22-18-27)25-34(28-11-5-3-6-12-28)37(40)38(44)29-19-23-32(42)24-20-29/h3-26,37H,1-2H3/t37-,40+/m0/s1. The monoisotopic (exact) mass is 611 g/mol. The zero-order valence-corrected chi connectivity index (χ0v) is 26.1. The van der Waals surface area contributed by atoms with Crippen molar-refractivity contribution in [3.05, 3.63) is 178 Å². The largest absolute Gasteiger partial charge is 0.330 e. The maximum atomic E-state index is 15.2. The predicted octanol–water partition coefficient (Wildman–Crippen LogP) is 10.8. The number of hydrogen-bond donors (Lipinski definition) is 0. The Kier molecular flexibility index (Phi) is 7.08. The molecule has 0 aromatic heterocycles. The molecular formula is C40H31Cl2NO. The van der Waals surface area contributed by atoms with E-state index in [2.05, 4.69) is 104 Å². The lowest BCUT2D eigenvalue weighted by molar-refractivity contribution is 0.0888. The van der Waals surface area contributed by atoms with E-state index < -0.39 is 16.9 Å². The Morgan fingerprint density at radius 2 is 1.23 bits per heavy atom. The first-order valence-corrected chi connectivity index (χ1v) is 15.6.